The van der Waals surface area contributed by atoms with Crippen LogP contribution in [0.25, 0.3) is 10.2 Å². The van der Waals surface area contributed by atoms with Crippen LogP contribution in [0.4, 0.5) is 5.13 Å². The zero-order valence-corrected chi connectivity index (χ0v) is 19.9. The van der Waals surface area contributed by atoms with Crippen molar-refractivity contribution in [3.8, 4) is 5.75 Å². The van der Waals surface area contributed by atoms with Crippen molar-refractivity contribution in [1.29, 1.82) is 0 Å². The molecule has 0 atom stereocenters. The highest BCUT2D eigenvalue weighted by Crippen LogP contribution is 2.35. The molecule has 0 N–H and O–H groups in total. The number of rotatable bonds is 9. The van der Waals surface area contributed by atoms with Crippen molar-refractivity contribution in [2.24, 2.45) is 0 Å². The summed E-state index contributed by atoms with van der Waals surface area (Å²) in [6.45, 7) is 5.15. The molecule has 4 nitrogen and oxygen atoms in total. The van der Waals surface area contributed by atoms with Crippen molar-refractivity contribution in [2.45, 2.75) is 31.7 Å². The van der Waals surface area contributed by atoms with Crippen LogP contribution < -0.4 is 9.64 Å². The Bertz CT molecular complexity index is 1170. The first-order chi connectivity index (χ1) is 15.7. The van der Waals surface area contributed by atoms with Gasteiger partial charge in [-0.25, -0.2) is 4.98 Å². The zero-order valence-electron chi connectivity index (χ0n) is 18.3. The molecular formula is C26H26N2O2S2. The first-order valence-electron chi connectivity index (χ1n) is 10.8. The molecule has 4 aromatic rings. The minimum absolute atomic E-state index is 0.0294. The highest BCUT2D eigenvalue weighted by Gasteiger charge is 2.21. The van der Waals surface area contributed by atoms with Gasteiger partial charge in [0.05, 0.1) is 24.3 Å². The lowest BCUT2D eigenvalue weighted by molar-refractivity contribution is -0.118. The molecule has 1 aromatic heterocycles. The van der Waals surface area contributed by atoms with Crippen molar-refractivity contribution in [3.05, 3.63) is 83.9 Å². The van der Waals surface area contributed by atoms with Gasteiger partial charge in [-0.15, -0.1) is 11.8 Å². The van der Waals surface area contributed by atoms with Crippen LogP contribution in [0.3, 0.4) is 0 Å². The van der Waals surface area contributed by atoms with E-state index in [-0.39, 0.29) is 5.91 Å². The molecule has 1 amide bonds. The summed E-state index contributed by atoms with van der Waals surface area (Å²) in [5.74, 6) is 1.81. The standard InChI is InChI=1S/C26H26N2O2S2/c1-3-30-22-11-8-12-23-25(22)27-26(32-23)28(18-20-9-6-5-7-10-20)24(29)17-19-13-15-21(16-14-19)31-4-2/h5-16H,3-4,17-18H2,1-2H3. The molecule has 0 fully saturated rings. The van der Waals surface area contributed by atoms with E-state index in [1.54, 1.807) is 16.7 Å². The van der Waals surface area contributed by atoms with E-state index < -0.39 is 0 Å². The van der Waals surface area contributed by atoms with E-state index >= 15 is 0 Å². The number of carbonyl (C=O) groups excluding carboxylic acids is 1. The molecule has 32 heavy (non-hydrogen) atoms. The van der Waals surface area contributed by atoms with Gasteiger partial charge < -0.3 is 4.74 Å². The van der Waals surface area contributed by atoms with E-state index in [1.165, 1.54) is 16.2 Å². The van der Waals surface area contributed by atoms with Crippen LogP contribution in [0.1, 0.15) is 25.0 Å². The quantitative estimate of drug-likeness (QED) is 0.263. The van der Waals surface area contributed by atoms with Gasteiger partial charge in [0, 0.05) is 4.90 Å². The second kappa shape index (κ2) is 10.7. The molecule has 0 bridgehead atoms. The van der Waals surface area contributed by atoms with Gasteiger partial charge in [0.1, 0.15) is 11.3 Å². The van der Waals surface area contributed by atoms with Crippen molar-refractivity contribution >= 4 is 44.4 Å². The summed E-state index contributed by atoms with van der Waals surface area (Å²) in [6, 6.07) is 24.2. The molecule has 0 saturated carbocycles. The topological polar surface area (TPSA) is 42.4 Å². The fourth-order valence-corrected chi connectivity index (χ4v) is 5.13. The second-order valence-corrected chi connectivity index (χ2v) is 9.60. The zero-order chi connectivity index (χ0) is 22.3. The molecule has 0 radical (unpaired) electrons. The average Bonchev–Trinajstić information content (AvgIpc) is 3.25. The van der Waals surface area contributed by atoms with Crippen LogP contribution in [-0.2, 0) is 17.8 Å². The summed E-state index contributed by atoms with van der Waals surface area (Å²) in [6.07, 6.45) is 0.331. The third-order valence-corrected chi connectivity index (χ3v) is 6.91. The van der Waals surface area contributed by atoms with Crippen LogP contribution in [0, 0.1) is 0 Å². The number of aromatic nitrogens is 1. The SMILES string of the molecule is CCOc1cccc2sc(N(Cc3ccccc3)C(=O)Cc3ccc(SCC)cc3)nc12. The van der Waals surface area contributed by atoms with Crippen LogP contribution in [0.5, 0.6) is 5.75 Å². The fraction of sp³-hybridized carbons (Fsp3) is 0.231. The molecule has 164 valence electrons. The highest BCUT2D eigenvalue weighted by molar-refractivity contribution is 7.99. The van der Waals surface area contributed by atoms with Gasteiger partial charge in [0.2, 0.25) is 5.91 Å². The van der Waals surface area contributed by atoms with E-state index in [4.69, 9.17) is 9.72 Å². The Morgan fingerprint density at radius 1 is 0.969 bits per heavy atom. The summed E-state index contributed by atoms with van der Waals surface area (Å²) < 4.78 is 6.77. The van der Waals surface area contributed by atoms with Crippen LogP contribution in [-0.4, -0.2) is 23.3 Å². The number of thioether (sulfide) groups is 1. The molecule has 1 heterocycles. The molecule has 3 aromatic carbocycles. The lowest BCUT2D eigenvalue weighted by Crippen LogP contribution is -2.31. The smallest absolute Gasteiger partial charge is 0.233 e. The van der Waals surface area contributed by atoms with E-state index in [2.05, 4.69) is 19.1 Å². The molecule has 0 aliphatic heterocycles. The maximum absolute atomic E-state index is 13.5. The lowest BCUT2D eigenvalue weighted by atomic mass is 10.1. The minimum Gasteiger partial charge on any atom is -0.492 e. The Kier molecular flexibility index (Phi) is 7.45. The molecule has 6 heteroatoms. The van der Waals surface area contributed by atoms with Gasteiger partial charge in [-0.2, -0.15) is 0 Å². The molecule has 0 aliphatic rings. The van der Waals surface area contributed by atoms with Gasteiger partial charge in [0.15, 0.2) is 5.13 Å². The normalized spacial score (nSPS) is 10.9. The number of benzene rings is 3. The summed E-state index contributed by atoms with van der Waals surface area (Å²) in [5, 5.41) is 0.694. The number of amides is 1. The summed E-state index contributed by atoms with van der Waals surface area (Å²) in [7, 11) is 0. The van der Waals surface area contributed by atoms with E-state index in [9.17, 15) is 4.79 Å². The molecular weight excluding hydrogens is 436 g/mol. The Balaban J connectivity index is 1.64. The largest absolute Gasteiger partial charge is 0.492 e. The fourth-order valence-electron chi connectivity index (χ4n) is 3.47. The number of fused-ring (bicyclic) bond motifs is 1. The lowest BCUT2D eigenvalue weighted by Gasteiger charge is -2.20. The van der Waals surface area contributed by atoms with E-state index in [0.29, 0.717) is 24.7 Å². The third kappa shape index (κ3) is 5.31. The Labute approximate surface area is 197 Å². The monoisotopic (exact) mass is 462 g/mol. The molecule has 0 saturated heterocycles. The van der Waals surface area contributed by atoms with Crippen molar-refractivity contribution in [2.75, 3.05) is 17.3 Å². The summed E-state index contributed by atoms with van der Waals surface area (Å²) in [4.78, 5) is 21.3. The number of carbonyl (C=O) groups is 1. The number of nitrogens with zero attached hydrogens (tertiary/aromatic N) is 2. The maximum atomic E-state index is 13.5. The molecule has 0 spiro atoms. The molecule has 0 aliphatic carbocycles. The van der Waals surface area contributed by atoms with Gasteiger partial charge in [0.25, 0.3) is 0 Å². The Morgan fingerprint density at radius 2 is 1.75 bits per heavy atom. The average molecular weight is 463 g/mol. The van der Waals surface area contributed by atoms with Crippen molar-refractivity contribution < 1.29 is 9.53 Å². The van der Waals surface area contributed by atoms with Gasteiger partial charge in [-0.05, 0) is 48.1 Å². The van der Waals surface area contributed by atoms with Crippen molar-refractivity contribution in [3.63, 3.8) is 0 Å². The number of hydrogen-bond donors (Lipinski definition) is 0. The summed E-state index contributed by atoms with van der Waals surface area (Å²) in [5.41, 5.74) is 2.88. The maximum Gasteiger partial charge on any atom is 0.233 e. The second-order valence-electron chi connectivity index (χ2n) is 7.25. The minimum atomic E-state index is 0.0294. The number of para-hydroxylation sites is 1. The molecule has 4 rings (SSSR count). The van der Waals surface area contributed by atoms with Crippen LogP contribution in [0.2, 0.25) is 0 Å². The third-order valence-electron chi connectivity index (χ3n) is 4.98. The van der Waals surface area contributed by atoms with E-state index in [1.807, 2.05) is 67.6 Å². The summed E-state index contributed by atoms with van der Waals surface area (Å²) >= 11 is 3.32. The number of ether oxygens (including phenoxy) is 1. The number of thiazole rings is 1. The Hall–Kier alpha value is -2.83. The molecule has 0 unspecified atom stereocenters. The first-order valence-corrected chi connectivity index (χ1v) is 12.6. The number of hydrogen-bond acceptors (Lipinski definition) is 5. The highest BCUT2D eigenvalue weighted by atomic mass is 32.2. The van der Waals surface area contributed by atoms with Crippen molar-refractivity contribution in [1.82, 2.24) is 4.98 Å². The van der Waals surface area contributed by atoms with Crippen LogP contribution in [0.15, 0.2) is 77.7 Å². The predicted octanol–water partition coefficient (Wildman–Crippen LogP) is 6.58. The van der Waals surface area contributed by atoms with E-state index in [0.717, 1.165) is 32.8 Å². The van der Waals surface area contributed by atoms with Gasteiger partial charge >= 0.3 is 0 Å². The first kappa shape index (κ1) is 22.4. The predicted molar refractivity (Wildman–Crippen MR) is 135 cm³/mol. The van der Waals surface area contributed by atoms with Crippen LogP contribution >= 0.6 is 23.1 Å². The van der Waals surface area contributed by atoms with Gasteiger partial charge in [-0.3, -0.25) is 9.69 Å². The number of anilines is 1. The van der Waals surface area contributed by atoms with Gasteiger partial charge in [-0.1, -0.05) is 66.8 Å². The Morgan fingerprint density at radius 3 is 2.47 bits per heavy atom.